The molecule has 1 aliphatic rings. The molecule has 5 rings (SSSR count). The van der Waals surface area contributed by atoms with Crippen molar-refractivity contribution in [3.63, 3.8) is 0 Å². The number of aromatic nitrogens is 4. The number of aryl methyl sites for hydroxylation is 1. The van der Waals surface area contributed by atoms with E-state index in [1.807, 2.05) is 0 Å². The van der Waals surface area contributed by atoms with Crippen molar-refractivity contribution in [2.75, 3.05) is 9.62 Å². The third-order valence-electron chi connectivity index (χ3n) is 5.33. The first-order valence-corrected chi connectivity index (χ1v) is 12.4. The third-order valence-corrected chi connectivity index (χ3v) is 6.72. The average Bonchev–Trinajstić information content (AvgIpc) is 3.50. The second-order valence-electron chi connectivity index (χ2n) is 7.91. The number of carbonyl (C=O) groups is 2. The minimum absolute atomic E-state index is 0.00622. The molecule has 1 fully saturated rings. The maximum Gasteiger partial charge on any atom is 0.261 e. The van der Waals surface area contributed by atoms with E-state index >= 15 is 0 Å². The van der Waals surface area contributed by atoms with Gasteiger partial charge in [0.15, 0.2) is 5.82 Å². The van der Waals surface area contributed by atoms with Crippen LogP contribution in [0.3, 0.4) is 0 Å². The molecule has 2 aromatic carbocycles. The molecule has 11 nitrogen and oxygen atoms in total. The number of hydrogen-bond acceptors (Lipinski definition) is 8. The summed E-state index contributed by atoms with van der Waals surface area (Å²) in [4.78, 5) is 33.5. The predicted octanol–water partition coefficient (Wildman–Crippen LogP) is 3.22. The van der Waals surface area contributed by atoms with E-state index in [1.54, 1.807) is 60.4 Å². The lowest BCUT2D eigenvalue weighted by molar-refractivity contribution is -0.121. The summed E-state index contributed by atoms with van der Waals surface area (Å²) in [6, 6.07) is 15.3. The molecule has 0 unspecified atom stereocenters. The number of nitrogens with one attached hydrogen (secondary N) is 1. The second kappa shape index (κ2) is 9.23. The van der Waals surface area contributed by atoms with Crippen molar-refractivity contribution < 1.29 is 22.7 Å². The Morgan fingerprint density at radius 1 is 0.944 bits per heavy atom. The number of nitrogens with zero attached hydrogens (tertiary/aromatic N) is 5. The number of rotatable bonds is 7. The normalized spacial score (nSPS) is 13.8. The van der Waals surface area contributed by atoms with Gasteiger partial charge in [0.2, 0.25) is 17.7 Å². The van der Waals surface area contributed by atoms with Crippen molar-refractivity contribution >= 4 is 33.2 Å². The Bertz CT molecular complexity index is 1520. The van der Waals surface area contributed by atoms with Crippen LogP contribution in [0.1, 0.15) is 18.7 Å². The largest absolute Gasteiger partial charge is 0.439 e. The second-order valence-corrected chi connectivity index (χ2v) is 9.59. The van der Waals surface area contributed by atoms with Gasteiger partial charge in [-0.3, -0.25) is 19.2 Å². The third kappa shape index (κ3) is 4.79. The van der Waals surface area contributed by atoms with E-state index in [0.717, 1.165) is 4.90 Å². The Kier molecular flexibility index (Phi) is 5.94. The van der Waals surface area contributed by atoms with Crippen molar-refractivity contribution in [2.24, 2.45) is 0 Å². The van der Waals surface area contributed by atoms with Crippen LogP contribution in [0, 0.1) is 6.92 Å². The quantitative estimate of drug-likeness (QED) is 0.379. The monoisotopic (exact) mass is 504 g/mol. The zero-order valence-corrected chi connectivity index (χ0v) is 19.8. The lowest BCUT2D eigenvalue weighted by Crippen LogP contribution is -2.28. The molecule has 2 aromatic heterocycles. The summed E-state index contributed by atoms with van der Waals surface area (Å²) >= 11 is 0. The van der Waals surface area contributed by atoms with E-state index in [0.29, 0.717) is 34.6 Å². The number of imide groups is 1. The van der Waals surface area contributed by atoms with Gasteiger partial charge in [0.05, 0.1) is 10.6 Å². The smallest absolute Gasteiger partial charge is 0.261 e. The Morgan fingerprint density at radius 2 is 1.64 bits per heavy atom. The Morgan fingerprint density at radius 3 is 2.28 bits per heavy atom. The van der Waals surface area contributed by atoms with E-state index in [4.69, 9.17) is 4.74 Å². The van der Waals surface area contributed by atoms with Crippen LogP contribution in [0.4, 0.5) is 11.4 Å². The first kappa shape index (κ1) is 23.2. The summed E-state index contributed by atoms with van der Waals surface area (Å²) < 4.78 is 35.5. The standard InChI is InChI=1S/C24H20N6O5S/c1-16-26-21(29-14-2-13-25-29)15-22(27-16)35-19-7-3-17(4-8-19)28-36(33,34)20-9-5-18(6-10-20)30-23(31)11-12-24(30)32/h2-10,13-15,28H,11-12H2,1H3. The molecule has 2 amide bonds. The highest BCUT2D eigenvalue weighted by Crippen LogP contribution is 2.26. The molecular formula is C24H20N6O5S. The van der Waals surface area contributed by atoms with Crippen LogP contribution in [-0.2, 0) is 19.6 Å². The molecular weight excluding hydrogens is 484 g/mol. The zero-order valence-electron chi connectivity index (χ0n) is 19.0. The van der Waals surface area contributed by atoms with Gasteiger partial charge >= 0.3 is 0 Å². The van der Waals surface area contributed by atoms with Crippen LogP contribution in [-0.4, -0.2) is 40.0 Å². The molecule has 1 saturated heterocycles. The molecule has 1 aliphatic heterocycles. The summed E-state index contributed by atoms with van der Waals surface area (Å²) in [6.07, 6.45) is 3.71. The fraction of sp³-hybridized carbons (Fsp3) is 0.125. The fourth-order valence-corrected chi connectivity index (χ4v) is 4.72. The average molecular weight is 505 g/mol. The van der Waals surface area contributed by atoms with E-state index in [2.05, 4.69) is 19.8 Å². The van der Waals surface area contributed by atoms with Gasteiger partial charge < -0.3 is 4.74 Å². The summed E-state index contributed by atoms with van der Waals surface area (Å²) in [5.41, 5.74) is 0.672. The van der Waals surface area contributed by atoms with Crippen molar-refractivity contribution in [1.29, 1.82) is 0 Å². The molecule has 0 aliphatic carbocycles. The molecule has 12 heteroatoms. The molecule has 0 saturated carbocycles. The Balaban J connectivity index is 1.28. The SMILES string of the molecule is Cc1nc(Oc2ccc(NS(=O)(=O)c3ccc(N4C(=O)CCC4=O)cc3)cc2)cc(-n2cccn2)n1. The van der Waals surface area contributed by atoms with E-state index < -0.39 is 10.0 Å². The van der Waals surface area contributed by atoms with Gasteiger partial charge in [0, 0.05) is 37.0 Å². The number of hydrogen-bond donors (Lipinski definition) is 1. The van der Waals surface area contributed by atoms with Crippen molar-refractivity contribution in [3.05, 3.63) is 78.9 Å². The number of anilines is 2. The highest BCUT2D eigenvalue weighted by molar-refractivity contribution is 7.92. The van der Waals surface area contributed by atoms with Gasteiger partial charge in [-0.05, 0) is 61.5 Å². The van der Waals surface area contributed by atoms with Crippen molar-refractivity contribution in [2.45, 2.75) is 24.7 Å². The maximum atomic E-state index is 12.8. The number of ether oxygens (including phenoxy) is 1. The fourth-order valence-electron chi connectivity index (χ4n) is 3.66. The number of benzene rings is 2. The molecule has 0 radical (unpaired) electrons. The van der Waals surface area contributed by atoms with Crippen LogP contribution in [0.15, 0.2) is 78.0 Å². The zero-order chi connectivity index (χ0) is 25.3. The van der Waals surface area contributed by atoms with E-state index in [9.17, 15) is 18.0 Å². The number of sulfonamides is 1. The van der Waals surface area contributed by atoms with Gasteiger partial charge in [0.25, 0.3) is 10.0 Å². The van der Waals surface area contributed by atoms with Gasteiger partial charge in [-0.2, -0.15) is 10.1 Å². The summed E-state index contributed by atoms with van der Waals surface area (Å²) in [7, 11) is -3.90. The molecule has 3 heterocycles. The van der Waals surface area contributed by atoms with Crippen LogP contribution in [0.2, 0.25) is 0 Å². The summed E-state index contributed by atoms with van der Waals surface area (Å²) in [5, 5.41) is 4.15. The van der Waals surface area contributed by atoms with Gasteiger partial charge in [-0.25, -0.2) is 18.1 Å². The molecule has 0 spiro atoms. The van der Waals surface area contributed by atoms with Crippen LogP contribution in [0.5, 0.6) is 11.6 Å². The minimum atomic E-state index is -3.90. The molecule has 0 atom stereocenters. The van der Waals surface area contributed by atoms with E-state index in [1.165, 1.54) is 24.3 Å². The molecule has 1 N–H and O–H groups in total. The van der Waals surface area contributed by atoms with Gasteiger partial charge in [-0.15, -0.1) is 0 Å². The Labute approximate surface area is 206 Å². The minimum Gasteiger partial charge on any atom is -0.439 e. The Hall–Kier alpha value is -4.58. The molecule has 36 heavy (non-hydrogen) atoms. The lowest BCUT2D eigenvalue weighted by Gasteiger charge is -2.14. The number of amides is 2. The van der Waals surface area contributed by atoms with Crippen LogP contribution < -0.4 is 14.4 Å². The van der Waals surface area contributed by atoms with E-state index in [-0.39, 0.29) is 29.6 Å². The van der Waals surface area contributed by atoms with Crippen LogP contribution >= 0.6 is 0 Å². The molecule has 4 aromatic rings. The topological polar surface area (TPSA) is 136 Å². The van der Waals surface area contributed by atoms with Gasteiger partial charge in [-0.1, -0.05) is 0 Å². The first-order valence-electron chi connectivity index (χ1n) is 10.9. The summed E-state index contributed by atoms with van der Waals surface area (Å²) in [6.45, 7) is 1.74. The van der Waals surface area contributed by atoms with Crippen LogP contribution in [0.25, 0.3) is 5.82 Å². The number of carbonyl (C=O) groups excluding carboxylic acids is 2. The molecule has 0 bridgehead atoms. The lowest BCUT2D eigenvalue weighted by atomic mass is 10.3. The highest BCUT2D eigenvalue weighted by Gasteiger charge is 2.30. The summed E-state index contributed by atoms with van der Waals surface area (Å²) in [5.74, 6) is 1.22. The first-order chi connectivity index (χ1) is 17.3. The van der Waals surface area contributed by atoms with Crippen molar-refractivity contribution in [1.82, 2.24) is 19.7 Å². The predicted molar refractivity (Wildman–Crippen MR) is 129 cm³/mol. The molecule has 182 valence electrons. The highest BCUT2D eigenvalue weighted by atomic mass is 32.2. The maximum absolute atomic E-state index is 12.8. The van der Waals surface area contributed by atoms with Gasteiger partial charge in [0.1, 0.15) is 11.6 Å². The van der Waals surface area contributed by atoms with Crippen molar-refractivity contribution in [3.8, 4) is 17.4 Å².